The molecular weight excluding hydrogens is 252 g/mol. The Morgan fingerprint density at radius 1 is 1.44 bits per heavy atom. The molecule has 3 N–H and O–H groups in total. The first-order valence-electron chi connectivity index (χ1n) is 4.67. The predicted octanol–water partition coefficient (Wildman–Crippen LogP) is 0.0568. The van der Waals surface area contributed by atoms with Gasteiger partial charge >= 0.3 is 0 Å². The largest absolute Gasteiger partial charge is 0.504 e. The van der Waals surface area contributed by atoms with Gasteiger partial charge in [-0.05, 0) is 0 Å². The second-order valence-electron chi connectivity index (χ2n) is 3.34. The van der Waals surface area contributed by atoms with Crippen LogP contribution in [0, 0.1) is 0 Å². The molecule has 0 atom stereocenters. The van der Waals surface area contributed by atoms with E-state index in [0.29, 0.717) is 26.3 Å². The van der Waals surface area contributed by atoms with Crippen molar-refractivity contribution in [3.05, 3.63) is 5.38 Å². The molecule has 0 radical (unpaired) electrons. The molecule has 16 heavy (non-hydrogen) atoms. The third-order valence-corrected chi connectivity index (χ3v) is 5.71. The van der Waals surface area contributed by atoms with Gasteiger partial charge in [-0.15, -0.1) is 11.3 Å². The third-order valence-electron chi connectivity index (χ3n) is 2.30. The summed E-state index contributed by atoms with van der Waals surface area (Å²) in [4.78, 5) is 0. The Kier molecular flexibility index (Phi) is 3.06. The van der Waals surface area contributed by atoms with Gasteiger partial charge in [0.1, 0.15) is 0 Å². The Labute approximate surface area is 97.3 Å². The summed E-state index contributed by atoms with van der Waals surface area (Å²) < 4.78 is 30.5. The number of sulfonamides is 1. The van der Waals surface area contributed by atoms with Gasteiger partial charge < -0.3 is 15.6 Å². The minimum atomic E-state index is -3.63. The van der Waals surface area contributed by atoms with Crippen LogP contribution in [-0.4, -0.2) is 44.1 Å². The fourth-order valence-electron chi connectivity index (χ4n) is 1.43. The molecule has 90 valence electrons. The van der Waals surface area contributed by atoms with E-state index < -0.39 is 10.0 Å². The molecule has 0 aliphatic carbocycles. The molecule has 1 fully saturated rings. The van der Waals surface area contributed by atoms with Crippen LogP contribution in [0.3, 0.4) is 0 Å². The van der Waals surface area contributed by atoms with Crippen LogP contribution < -0.4 is 5.73 Å². The first-order valence-corrected chi connectivity index (χ1v) is 6.99. The summed E-state index contributed by atoms with van der Waals surface area (Å²) in [5.41, 5.74) is 5.51. The Hall–Kier alpha value is -0.830. The molecule has 0 unspecified atom stereocenters. The van der Waals surface area contributed by atoms with Gasteiger partial charge in [0, 0.05) is 18.5 Å². The maximum absolute atomic E-state index is 12.1. The van der Waals surface area contributed by atoms with E-state index in [1.54, 1.807) is 0 Å². The van der Waals surface area contributed by atoms with E-state index in [4.69, 9.17) is 10.5 Å². The van der Waals surface area contributed by atoms with Crippen LogP contribution >= 0.6 is 11.3 Å². The van der Waals surface area contributed by atoms with Crippen molar-refractivity contribution in [2.24, 2.45) is 0 Å². The predicted molar refractivity (Wildman–Crippen MR) is 60.0 cm³/mol. The zero-order chi connectivity index (χ0) is 11.8. The number of hydrogen-bond donors (Lipinski definition) is 2. The molecule has 1 aromatic heterocycles. The van der Waals surface area contributed by atoms with E-state index in [1.165, 1.54) is 9.69 Å². The van der Waals surface area contributed by atoms with Crippen molar-refractivity contribution in [1.82, 2.24) is 4.31 Å². The van der Waals surface area contributed by atoms with Crippen molar-refractivity contribution >= 4 is 27.0 Å². The molecule has 0 bridgehead atoms. The summed E-state index contributed by atoms with van der Waals surface area (Å²) in [6, 6.07) is 0. The van der Waals surface area contributed by atoms with Crippen molar-refractivity contribution in [3.8, 4) is 5.75 Å². The zero-order valence-electron chi connectivity index (χ0n) is 8.42. The summed E-state index contributed by atoms with van der Waals surface area (Å²) >= 11 is 0.931. The number of rotatable bonds is 2. The first-order chi connectivity index (χ1) is 7.53. The van der Waals surface area contributed by atoms with Crippen molar-refractivity contribution in [1.29, 1.82) is 0 Å². The second kappa shape index (κ2) is 4.21. The number of thiophene rings is 1. The molecule has 8 heteroatoms. The number of hydrogen-bond acceptors (Lipinski definition) is 6. The van der Waals surface area contributed by atoms with Crippen LogP contribution in [0.15, 0.2) is 9.59 Å². The highest BCUT2D eigenvalue weighted by atomic mass is 32.2. The fourth-order valence-corrected chi connectivity index (χ4v) is 4.18. The standard InChI is InChI=1S/C8H12N2O4S2/c9-6-5-15-8(7(6)11)16(12,13)10-1-3-14-4-2-10/h5,11H,1-4,9H2. The lowest BCUT2D eigenvalue weighted by atomic mass is 10.5. The van der Waals surface area contributed by atoms with Gasteiger partial charge in [-0.25, -0.2) is 8.42 Å². The van der Waals surface area contributed by atoms with Crippen LogP contribution in [0.25, 0.3) is 0 Å². The van der Waals surface area contributed by atoms with Crippen LogP contribution in [0.5, 0.6) is 5.75 Å². The van der Waals surface area contributed by atoms with E-state index in [9.17, 15) is 13.5 Å². The smallest absolute Gasteiger partial charge is 0.256 e. The number of ether oxygens (including phenoxy) is 1. The summed E-state index contributed by atoms with van der Waals surface area (Å²) in [6.07, 6.45) is 0. The van der Waals surface area contributed by atoms with Crippen molar-refractivity contribution in [2.75, 3.05) is 32.0 Å². The monoisotopic (exact) mass is 264 g/mol. The summed E-state index contributed by atoms with van der Waals surface area (Å²) in [5, 5.41) is 11.0. The minimum Gasteiger partial charge on any atom is -0.504 e. The van der Waals surface area contributed by atoms with Gasteiger partial charge in [-0.1, -0.05) is 0 Å². The Morgan fingerprint density at radius 3 is 2.56 bits per heavy atom. The highest BCUT2D eigenvalue weighted by Gasteiger charge is 2.30. The Bertz CT molecular complexity index is 476. The molecule has 0 aromatic carbocycles. The quantitative estimate of drug-likeness (QED) is 0.787. The van der Waals surface area contributed by atoms with Gasteiger partial charge in [-0.2, -0.15) is 4.31 Å². The van der Waals surface area contributed by atoms with Crippen LogP contribution in [0.1, 0.15) is 0 Å². The maximum atomic E-state index is 12.1. The lowest BCUT2D eigenvalue weighted by Gasteiger charge is -2.25. The van der Waals surface area contributed by atoms with Crippen LogP contribution in [-0.2, 0) is 14.8 Å². The molecule has 1 saturated heterocycles. The molecular formula is C8H12N2O4S2. The number of nitrogens with zero attached hydrogens (tertiary/aromatic N) is 1. The third kappa shape index (κ3) is 1.88. The summed E-state index contributed by atoms with van der Waals surface area (Å²) in [7, 11) is -3.63. The highest BCUT2D eigenvalue weighted by Crippen LogP contribution is 2.37. The molecule has 0 spiro atoms. The Morgan fingerprint density at radius 2 is 2.06 bits per heavy atom. The molecule has 1 aliphatic rings. The number of aromatic hydroxyl groups is 1. The molecule has 2 heterocycles. The van der Waals surface area contributed by atoms with Gasteiger partial charge in [0.25, 0.3) is 10.0 Å². The SMILES string of the molecule is Nc1csc(S(=O)(=O)N2CCOCC2)c1O. The van der Waals surface area contributed by atoms with Gasteiger partial charge in [0.15, 0.2) is 9.96 Å². The van der Waals surface area contributed by atoms with Crippen molar-refractivity contribution in [2.45, 2.75) is 4.21 Å². The van der Waals surface area contributed by atoms with Gasteiger partial charge in [0.05, 0.1) is 18.9 Å². The molecule has 1 aromatic rings. The molecule has 1 aliphatic heterocycles. The van der Waals surface area contributed by atoms with Gasteiger partial charge in [0.2, 0.25) is 0 Å². The summed E-state index contributed by atoms with van der Waals surface area (Å²) in [6.45, 7) is 1.36. The number of nitrogens with two attached hydrogens (primary N) is 1. The highest BCUT2D eigenvalue weighted by molar-refractivity contribution is 7.91. The molecule has 6 nitrogen and oxygen atoms in total. The van der Waals surface area contributed by atoms with Crippen molar-refractivity contribution in [3.63, 3.8) is 0 Å². The zero-order valence-corrected chi connectivity index (χ0v) is 10.1. The van der Waals surface area contributed by atoms with E-state index >= 15 is 0 Å². The number of nitrogen functional groups attached to an aromatic ring is 1. The molecule has 0 saturated carbocycles. The lowest BCUT2D eigenvalue weighted by Crippen LogP contribution is -2.40. The van der Waals surface area contributed by atoms with E-state index in [1.807, 2.05) is 0 Å². The first kappa shape index (κ1) is 11.6. The van der Waals surface area contributed by atoms with Gasteiger partial charge in [-0.3, -0.25) is 0 Å². The number of anilines is 1. The van der Waals surface area contributed by atoms with E-state index in [-0.39, 0.29) is 15.6 Å². The normalized spacial score (nSPS) is 18.8. The minimum absolute atomic E-state index is 0.0908. The second-order valence-corrected chi connectivity index (χ2v) is 6.36. The summed E-state index contributed by atoms with van der Waals surface area (Å²) in [5.74, 6) is -0.350. The Balaban J connectivity index is 2.34. The average molecular weight is 264 g/mol. The fraction of sp³-hybridized carbons (Fsp3) is 0.500. The lowest BCUT2D eigenvalue weighted by molar-refractivity contribution is 0.0730. The van der Waals surface area contributed by atoms with Crippen molar-refractivity contribution < 1.29 is 18.3 Å². The molecule has 0 amide bonds. The number of morpholine rings is 1. The van der Waals surface area contributed by atoms with E-state index in [2.05, 4.69) is 0 Å². The maximum Gasteiger partial charge on any atom is 0.256 e. The van der Waals surface area contributed by atoms with E-state index in [0.717, 1.165) is 11.3 Å². The van der Waals surface area contributed by atoms with Crippen LogP contribution in [0.2, 0.25) is 0 Å². The van der Waals surface area contributed by atoms with Crippen LogP contribution in [0.4, 0.5) is 5.69 Å². The average Bonchev–Trinajstić information content (AvgIpc) is 2.61. The molecule has 2 rings (SSSR count). The topological polar surface area (TPSA) is 92.9 Å².